The number of carbonyl (C=O) groups excluding carboxylic acids is 1. The fourth-order valence-electron chi connectivity index (χ4n) is 1.80. The molecule has 1 saturated heterocycles. The number of carbonyl (C=O) groups is 1. The summed E-state index contributed by atoms with van der Waals surface area (Å²) in [7, 11) is 0. The minimum absolute atomic E-state index is 0.0159. The number of nitrogens with zero attached hydrogens (tertiary/aromatic N) is 1. The highest BCUT2D eigenvalue weighted by Crippen LogP contribution is 2.06. The molecule has 1 aliphatic rings. The zero-order valence-electron chi connectivity index (χ0n) is 10.2. The number of piperidine rings is 1. The van der Waals surface area contributed by atoms with Crippen LogP contribution in [0.1, 0.15) is 12.8 Å². The van der Waals surface area contributed by atoms with Gasteiger partial charge < -0.3 is 20.9 Å². The summed E-state index contributed by atoms with van der Waals surface area (Å²) in [4.78, 5) is 13.7. The van der Waals surface area contributed by atoms with Crippen molar-refractivity contribution in [2.75, 3.05) is 46.0 Å². The molecule has 0 aromatic rings. The van der Waals surface area contributed by atoms with Crippen molar-refractivity contribution in [3.05, 3.63) is 0 Å². The summed E-state index contributed by atoms with van der Waals surface area (Å²) in [5.74, 6) is 0.0214. The van der Waals surface area contributed by atoms with Crippen molar-refractivity contribution in [3.63, 3.8) is 0 Å². The summed E-state index contributed by atoms with van der Waals surface area (Å²) < 4.78 is 5.04. The molecule has 0 unspecified atom stereocenters. The van der Waals surface area contributed by atoms with E-state index in [2.05, 4.69) is 10.2 Å². The fourth-order valence-corrected chi connectivity index (χ4v) is 1.80. The fraction of sp³-hybridized carbons (Fsp3) is 0.909. The number of nitrogens with one attached hydrogen (secondary N) is 1. The normalized spacial score (nSPS) is 18.2. The molecule has 100 valence electrons. The lowest BCUT2D eigenvalue weighted by Crippen LogP contribution is -2.45. The summed E-state index contributed by atoms with van der Waals surface area (Å²) in [6, 6.07) is 0.293. The molecule has 6 nitrogen and oxygen atoms in total. The molecule has 1 rings (SSSR count). The maximum Gasteiger partial charge on any atom is 0.234 e. The highest BCUT2D eigenvalue weighted by atomic mass is 16.5. The van der Waals surface area contributed by atoms with Gasteiger partial charge in [0.25, 0.3) is 0 Å². The zero-order valence-corrected chi connectivity index (χ0v) is 10.2. The Hall–Kier alpha value is -0.690. The summed E-state index contributed by atoms with van der Waals surface area (Å²) in [6.45, 7) is 3.50. The van der Waals surface area contributed by atoms with Crippen molar-refractivity contribution in [1.29, 1.82) is 0 Å². The lowest BCUT2D eigenvalue weighted by Gasteiger charge is -2.29. The highest BCUT2D eigenvalue weighted by molar-refractivity contribution is 5.77. The van der Waals surface area contributed by atoms with Crippen LogP contribution in [0.5, 0.6) is 0 Å². The second kappa shape index (κ2) is 8.41. The van der Waals surface area contributed by atoms with Gasteiger partial charge in [0, 0.05) is 25.7 Å². The van der Waals surface area contributed by atoms with Crippen LogP contribution < -0.4 is 11.1 Å². The van der Waals surface area contributed by atoms with E-state index in [4.69, 9.17) is 15.6 Å². The first-order valence-corrected chi connectivity index (χ1v) is 6.15. The maximum atomic E-state index is 11.5. The van der Waals surface area contributed by atoms with Crippen LogP contribution >= 0.6 is 0 Å². The lowest BCUT2D eigenvalue weighted by atomic mass is 10.1. The largest absolute Gasteiger partial charge is 0.394 e. The first-order valence-electron chi connectivity index (χ1n) is 6.15. The summed E-state index contributed by atoms with van der Waals surface area (Å²) in [5, 5.41) is 11.3. The van der Waals surface area contributed by atoms with Crippen molar-refractivity contribution in [2.24, 2.45) is 5.73 Å². The van der Waals surface area contributed by atoms with Crippen molar-refractivity contribution in [2.45, 2.75) is 18.9 Å². The molecule has 4 N–H and O–H groups in total. The minimum Gasteiger partial charge on any atom is -0.394 e. The SMILES string of the molecule is NC1CCN(CC(=O)NCCOCCO)CC1. The van der Waals surface area contributed by atoms with E-state index in [1.165, 1.54) is 0 Å². The van der Waals surface area contributed by atoms with Gasteiger partial charge in [0.2, 0.25) is 5.91 Å². The van der Waals surface area contributed by atoms with Crippen LogP contribution in [0, 0.1) is 0 Å². The Kier molecular flexibility index (Phi) is 7.11. The molecule has 0 spiro atoms. The molecule has 0 saturated carbocycles. The van der Waals surface area contributed by atoms with E-state index < -0.39 is 0 Å². The van der Waals surface area contributed by atoms with E-state index in [1.54, 1.807) is 0 Å². The molecule has 0 atom stereocenters. The van der Waals surface area contributed by atoms with E-state index >= 15 is 0 Å². The van der Waals surface area contributed by atoms with E-state index in [0.29, 0.717) is 32.3 Å². The smallest absolute Gasteiger partial charge is 0.234 e. The Morgan fingerprint density at radius 3 is 2.76 bits per heavy atom. The first kappa shape index (κ1) is 14.4. The number of nitrogens with two attached hydrogens (primary N) is 1. The third-order valence-corrected chi connectivity index (χ3v) is 2.80. The molecule has 1 fully saturated rings. The van der Waals surface area contributed by atoms with Gasteiger partial charge in [-0.3, -0.25) is 9.69 Å². The topological polar surface area (TPSA) is 87.8 Å². The first-order chi connectivity index (χ1) is 8.22. The van der Waals surface area contributed by atoms with Crippen LogP contribution in [0.15, 0.2) is 0 Å². The average Bonchev–Trinajstić information content (AvgIpc) is 2.32. The molecule has 1 amide bonds. The average molecular weight is 245 g/mol. The van der Waals surface area contributed by atoms with Gasteiger partial charge in [0.05, 0.1) is 26.4 Å². The molecule has 6 heteroatoms. The zero-order chi connectivity index (χ0) is 12.5. The van der Waals surface area contributed by atoms with E-state index in [9.17, 15) is 4.79 Å². The van der Waals surface area contributed by atoms with Crippen LogP contribution in [0.4, 0.5) is 0 Å². The molecule has 0 aliphatic carbocycles. The Morgan fingerprint density at radius 1 is 1.41 bits per heavy atom. The number of aliphatic hydroxyl groups excluding tert-OH is 1. The number of amides is 1. The van der Waals surface area contributed by atoms with Crippen LogP contribution in [0.25, 0.3) is 0 Å². The molecular formula is C11H23N3O3. The third-order valence-electron chi connectivity index (χ3n) is 2.80. The van der Waals surface area contributed by atoms with Gasteiger partial charge in [-0.05, 0) is 12.8 Å². The number of aliphatic hydroxyl groups is 1. The molecule has 1 aliphatic heterocycles. The Morgan fingerprint density at radius 2 is 2.12 bits per heavy atom. The molecule has 17 heavy (non-hydrogen) atoms. The van der Waals surface area contributed by atoms with Crippen molar-refractivity contribution >= 4 is 5.91 Å². The maximum absolute atomic E-state index is 11.5. The minimum atomic E-state index is 0.0159. The lowest BCUT2D eigenvalue weighted by molar-refractivity contribution is -0.122. The van der Waals surface area contributed by atoms with Crippen molar-refractivity contribution in [1.82, 2.24) is 10.2 Å². The van der Waals surface area contributed by atoms with Gasteiger partial charge in [0.1, 0.15) is 0 Å². The number of ether oxygens (including phenoxy) is 1. The molecule has 1 heterocycles. The van der Waals surface area contributed by atoms with Gasteiger partial charge in [-0.1, -0.05) is 0 Å². The van der Waals surface area contributed by atoms with Gasteiger partial charge in [-0.25, -0.2) is 0 Å². The highest BCUT2D eigenvalue weighted by Gasteiger charge is 2.17. The second-order valence-corrected chi connectivity index (χ2v) is 4.30. The number of hydrogen-bond donors (Lipinski definition) is 3. The summed E-state index contributed by atoms with van der Waals surface area (Å²) in [5.41, 5.74) is 5.79. The van der Waals surface area contributed by atoms with Gasteiger partial charge in [0.15, 0.2) is 0 Å². The van der Waals surface area contributed by atoms with Crippen molar-refractivity contribution in [3.8, 4) is 0 Å². The quantitative estimate of drug-likeness (QED) is 0.477. The molecule has 0 radical (unpaired) electrons. The predicted molar refractivity (Wildman–Crippen MR) is 64.6 cm³/mol. The number of hydrogen-bond acceptors (Lipinski definition) is 5. The third kappa shape index (κ3) is 6.58. The van der Waals surface area contributed by atoms with Crippen LogP contribution in [0.2, 0.25) is 0 Å². The molecule has 0 aromatic carbocycles. The standard InChI is InChI=1S/C11H23N3O3/c12-10-1-4-14(5-2-10)9-11(16)13-3-7-17-8-6-15/h10,15H,1-9,12H2,(H,13,16). The van der Waals surface area contributed by atoms with Gasteiger partial charge in [-0.2, -0.15) is 0 Å². The van der Waals surface area contributed by atoms with Crippen LogP contribution in [0.3, 0.4) is 0 Å². The van der Waals surface area contributed by atoms with E-state index in [0.717, 1.165) is 25.9 Å². The molecule has 0 aromatic heterocycles. The van der Waals surface area contributed by atoms with Gasteiger partial charge in [-0.15, -0.1) is 0 Å². The predicted octanol–water partition coefficient (Wildman–Crippen LogP) is -1.47. The Balaban J connectivity index is 2.00. The van der Waals surface area contributed by atoms with Gasteiger partial charge >= 0.3 is 0 Å². The summed E-state index contributed by atoms with van der Waals surface area (Å²) >= 11 is 0. The van der Waals surface area contributed by atoms with Crippen molar-refractivity contribution < 1.29 is 14.6 Å². The van der Waals surface area contributed by atoms with E-state index in [1.807, 2.05) is 0 Å². The van der Waals surface area contributed by atoms with Crippen LogP contribution in [-0.4, -0.2) is 68.0 Å². The van der Waals surface area contributed by atoms with E-state index in [-0.39, 0.29) is 12.5 Å². The Labute approximate surface area is 102 Å². The second-order valence-electron chi connectivity index (χ2n) is 4.30. The Bertz CT molecular complexity index is 218. The summed E-state index contributed by atoms with van der Waals surface area (Å²) in [6.07, 6.45) is 1.93. The van der Waals surface area contributed by atoms with Crippen LogP contribution in [-0.2, 0) is 9.53 Å². The molecule has 0 bridgehead atoms. The number of likely N-dealkylation sites (tertiary alicyclic amines) is 1. The number of rotatable bonds is 7. The monoisotopic (exact) mass is 245 g/mol. The molecular weight excluding hydrogens is 222 g/mol.